The Hall–Kier alpha value is -1.43. The van der Waals surface area contributed by atoms with Crippen molar-refractivity contribution in [2.75, 3.05) is 0 Å². The lowest BCUT2D eigenvalue weighted by Crippen LogP contribution is -2.51. The van der Waals surface area contributed by atoms with Gasteiger partial charge in [-0.15, -0.1) is 5.92 Å². The first-order valence-corrected chi connectivity index (χ1v) is 7.26. The van der Waals surface area contributed by atoms with Crippen molar-refractivity contribution < 1.29 is 9.53 Å². The Labute approximate surface area is 123 Å². The van der Waals surface area contributed by atoms with Crippen molar-refractivity contribution >= 4 is 6.09 Å². The van der Waals surface area contributed by atoms with Gasteiger partial charge in [0.1, 0.15) is 11.1 Å². The summed E-state index contributed by atoms with van der Waals surface area (Å²) < 4.78 is 5.36. The summed E-state index contributed by atoms with van der Waals surface area (Å²) in [7, 11) is 0. The van der Waals surface area contributed by atoms with E-state index in [-0.39, 0.29) is 5.41 Å². The molecule has 1 unspecified atom stereocenters. The van der Waals surface area contributed by atoms with Crippen molar-refractivity contribution in [2.24, 2.45) is 5.41 Å². The van der Waals surface area contributed by atoms with Gasteiger partial charge in [-0.2, -0.15) is 0 Å². The number of rotatable bonds is 1. The van der Waals surface area contributed by atoms with Gasteiger partial charge in [-0.05, 0) is 39.0 Å². The predicted octanol–water partition coefficient (Wildman–Crippen LogP) is 4.04. The van der Waals surface area contributed by atoms with Crippen LogP contribution in [-0.2, 0) is 4.74 Å². The zero-order chi connectivity index (χ0) is 15.4. The van der Waals surface area contributed by atoms with Crippen LogP contribution >= 0.6 is 0 Å². The summed E-state index contributed by atoms with van der Waals surface area (Å²) in [6.45, 7) is 12.0. The Morgan fingerprint density at radius 1 is 1.40 bits per heavy atom. The minimum Gasteiger partial charge on any atom is -0.444 e. The van der Waals surface area contributed by atoms with Crippen LogP contribution in [0.5, 0.6) is 0 Å². The molecular weight excluding hydrogens is 250 g/mol. The van der Waals surface area contributed by atoms with E-state index in [4.69, 9.17) is 4.74 Å². The highest BCUT2D eigenvalue weighted by atomic mass is 16.6. The van der Waals surface area contributed by atoms with E-state index in [1.165, 1.54) is 0 Å². The highest BCUT2D eigenvalue weighted by molar-refractivity contribution is 5.70. The van der Waals surface area contributed by atoms with E-state index < -0.39 is 17.2 Å². The Balaban J connectivity index is 2.94. The molecule has 3 nitrogen and oxygen atoms in total. The molecule has 1 rings (SSSR count). The summed E-state index contributed by atoms with van der Waals surface area (Å²) in [6.07, 6.45) is 6.26. The molecule has 20 heavy (non-hydrogen) atoms. The van der Waals surface area contributed by atoms with Gasteiger partial charge in [-0.3, -0.25) is 0 Å². The monoisotopic (exact) mass is 277 g/mol. The summed E-state index contributed by atoms with van der Waals surface area (Å²) in [5.74, 6) is 6.30. The third-order valence-electron chi connectivity index (χ3n) is 3.04. The zero-order valence-electron chi connectivity index (χ0n) is 13.6. The van der Waals surface area contributed by atoms with Gasteiger partial charge >= 0.3 is 6.09 Å². The number of amides is 1. The van der Waals surface area contributed by atoms with Crippen LogP contribution < -0.4 is 5.32 Å². The first-order chi connectivity index (χ1) is 9.08. The fourth-order valence-corrected chi connectivity index (χ4v) is 2.40. The molecule has 0 aliphatic heterocycles. The van der Waals surface area contributed by atoms with Crippen LogP contribution in [-0.4, -0.2) is 17.2 Å². The SMILES string of the molecule is CCC#CC1(NC(=O)OC(C)(C)C)C=CCC(C)(C)C1. The lowest BCUT2D eigenvalue weighted by atomic mass is 9.72. The first-order valence-electron chi connectivity index (χ1n) is 7.26. The topological polar surface area (TPSA) is 38.3 Å². The Kier molecular flexibility index (Phi) is 4.91. The van der Waals surface area contributed by atoms with Crippen molar-refractivity contribution in [3.63, 3.8) is 0 Å². The van der Waals surface area contributed by atoms with Gasteiger partial charge in [0, 0.05) is 6.42 Å². The molecule has 1 amide bonds. The average molecular weight is 277 g/mol. The number of hydrogen-bond acceptors (Lipinski definition) is 2. The number of carbonyl (C=O) groups excluding carboxylic acids is 1. The fraction of sp³-hybridized carbons (Fsp3) is 0.706. The van der Waals surface area contributed by atoms with Crippen LogP contribution in [0, 0.1) is 17.3 Å². The lowest BCUT2D eigenvalue weighted by Gasteiger charge is -2.38. The van der Waals surface area contributed by atoms with Crippen molar-refractivity contribution in [1.29, 1.82) is 0 Å². The minimum atomic E-state index is -0.611. The van der Waals surface area contributed by atoms with Crippen molar-refractivity contribution in [2.45, 2.75) is 71.9 Å². The average Bonchev–Trinajstić information content (AvgIpc) is 2.22. The predicted molar refractivity (Wildman–Crippen MR) is 82.3 cm³/mol. The van der Waals surface area contributed by atoms with Crippen LogP contribution in [0.15, 0.2) is 12.2 Å². The molecule has 0 fully saturated rings. The van der Waals surface area contributed by atoms with E-state index in [2.05, 4.69) is 37.1 Å². The summed E-state index contributed by atoms with van der Waals surface area (Å²) in [5, 5.41) is 2.96. The largest absolute Gasteiger partial charge is 0.444 e. The second kappa shape index (κ2) is 5.91. The maximum absolute atomic E-state index is 12.1. The van der Waals surface area contributed by atoms with Crippen LogP contribution in [0.25, 0.3) is 0 Å². The van der Waals surface area contributed by atoms with Crippen molar-refractivity contribution in [3.05, 3.63) is 12.2 Å². The first kappa shape index (κ1) is 16.6. The van der Waals surface area contributed by atoms with Gasteiger partial charge in [0.15, 0.2) is 0 Å². The molecule has 0 radical (unpaired) electrons. The summed E-state index contributed by atoms with van der Waals surface area (Å²) >= 11 is 0. The number of hydrogen-bond donors (Lipinski definition) is 1. The van der Waals surface area contributed by atoms with Gasteiger partial charge in [0.05, 0.1) is 0 Å². The molecule has 1 aliphatic rings. The number of allylic oxidation sites excluding steroid dienone is 1. The molecule has 1 atom stereocenters. The van der Waals surface area contributed by atoms with Crippen LogP contribution in [0.4, 0.5) is 4.79 Å². The Morgan fingerprint density at radius 3 is 2.55 bits per heavy atom. The van der Waals surface area contributed by atoms with E-state index in [1.54, 1.807) is 0 Å². The fourth-order valence-electron chi connectivity index (χ4n) is 2.40. The van der Waals surface area contributed by atoms with Crippen molar-refractivity contribution in [1.82, 2.24) is 5.32 Å². The molecule has 0 bridgehead atoms. The highest BCUT2D eigenvalue weighted by Gasteiger charge is 2.37. The molecule has 0 spiro atoms. The minimum absolute atomic E-state index is 0.117. The van der Waals surface area contributed by atoms with E-state index >= 15 is 0 Å². The molecule has 1 aliphatic carbocycles. The lowest BCUT2D eigenvalue weighted by molar-refractivity contribution is 0.0477. The summed E-state index contributed by atoms with van der Waals surface area (Å²) in [6, 6.07) is 0. The molecule has 3 heteroatoms. The normalized spacial score (nSPS) is 24.5. The van der Waals surface area contributed by atoms with Gasteiger partial charge in [0.2, 0.25) is 0 Å². The standard InChI is InChI=1S/C17H27NO2/c1-7-8-11-17(12-9-10-16(5,6)13-17)18-14(19)20-15(2,3)4/h9,12H,7,10,13H2,1-6H3,(H,18,19). The quantitative estimate of drug-likeness (QED) is 0.580. The van der Waals surface area contributed by atoms with Crippen molar-refractivity contribution in [3.8, 4) is 11.8 Å². The number of alkyl carbamates (subject to hydrolysis) is 1. The highest BCUT2D eigenvalue weighted by Crippen LogP contribution is 2.36. The molecule has 0 saturated carbocycles. The number of ether oxygens (including phenoxy) is 1. The zero-order valence-corrected chi connectivity index (χ0v) is 13.6. The molecule has 0 aromatic rings. The third-order valence-corrected chi connectivity index (χ3v) is 3.04. The smallest absolute Gasteiger partial charge is 0.409 e. The third kappa shape index (κ3) is 5.28. The van der Waals surface area contributed by atoms with Gasteiger partial charge in [0.25, 0.3) is 0 Å². The molecule has 0 aromatic heterocycles. The maximum atomic E-state index is 12.1. The van der Waals surface area contributed by atoms with E-state index in [0.717, 1.165) is 19.3 Å². The van der Waals surface area contributed by atoms with Gasteiger partial charge < -0.3 is 10.1 Å². The van der Waals surface area contributed by atoms with E-state index in [9.17, 15) is 4.79 Å². The molecule has 1 N–H and O–H groups in total. The van der Waals surface area contributed by atoms with Crippen LogP contribution in [0.3, 0.4) is 0 Å². The van der Waals surface area contributed by atoms with E-state index in [0.29, 0.717) is 0 Å². The molecule has 0 aromatic carbocycles. The second-order valence-electron chi connectivity index (χ2n) is 7.20. The molecule has 0 heterocycles. The maximum Gasteiger partial charge on any atom is 0.409 e. The van der Waals surface area contributed by atoms with Gasteiger partial charge in [-0.1, -0.05) is 38.8 Å². The van der Waals surface area contributed by atoms with E-state index in [1.807, 2.05) is 33.8 Å². The Bertz CT molecular complexity index is 446. The number of nitrogens with one attached hydrogen (secondary N) is 1. The number of carbonyl (C=O) groups is 1. The molecule has 0 saturated heterocycles. The van der Waals surface area contributed by atoms with Crippen LogP contribution in [0.1, 0.15) is 60.8 Å². The second-order valence-corrected chi connectivity index (χ2v) is 7.20. The van der Waals surface area contributed by atoms with Crippen LogP contribution in [0.2, 0.25) is 0 Å². The summed E-state index contributed by atoms with van der Waals surface area (Å²) in [5.41, 5.74) is -0.996. The molecular formula is C17H27NO2. The molecule has 112 valence electrons. The summed E-state index contributed by atoms with van der Waals surface area (Å²) in [4.78, 5) is 12.1. The Morgan fingerprint density at radius 2 is 2.05 bits per heavy atom. The van der Waals surface area contributed by atoms with Gasteiger partial charge in [-0.25, -0.2) is 4.79 Å².